The van der Waals surface area contributed by atoms with E-state index in [9.17, 15) is 4.79 Å². The zero-order valence-electron chi connectivity index (χ0n) is 11.3. The molecule has 2 aliphatic heterocycles. The predicted octanol–water partition coefficient (Wildman–Crippen LogP) is 0.916. The van der Waals surface area contributed by atoms with E-state index in [2.05, 4.69) is 27.1 Å². The highest BCUT2D eigenvalue weighted by Gasteiger charge is 2.42. The van der Waals surface area contributed by atoms with E-state index in [4.69, 9.17) is 11.6 Å². The highest BCUT2D eigenvalue weighted by molar-refractivity contribution is 6.29. The summed E-state index contributed by atoms with van der Waals surface area (Å²) in [6.45, 7) is 6.77. The van der Waals surface area contributed by atoms with Gasteiger partial charge in [-0.3, -0.25) is 9.79 Å². The zero-order chi connectivity index (χ0) is 13.9. The molecule has 2 saturated heterocycles. The number of halogens is 1. The summed E-state index contributed by atoms with van der Waals surface area (Å²) in [7, 11) is 1.76. The monoisotopic (exact) mass is 284 g/mol. The molecule has 6 heteroatoms. The highest BCUT2D eigenvalue weighted by Crippen LogP contribution is 2.35. The molecule has 19 heavy (non-hydrogen) atoms. The van der Waals surface area contributed by atoms with Crippen LogP contribution in [0.3, 0.4) is 0 Å². The Morgan fingerprint density at radius 1 is 1.68 bits per heavy atom. The first-order chi connectivity index (χ1) is 9.04. The largest absolute Gasteiger partial charge is 0.355 e. The highest BCUT2D eigenvalue weighted by atomic mass is 35.5. The van der Waals surface area contributed by atoms with E-state index in [0.717, 1.165) is 38.4 Å². The third-order valence-electron chi connectivity index (χ3n) is 3.81. The Hall–Kier alpha value is -1.23. The van der Waals surface area contributed by atoms with Crippen LogP contribution in [0.15, 0.2) is 16.6 Å². The van der Waals surface area contributed by atoms with Gasteiger partial charge in [-0.25, -0.2) is 0 Å². The number of nitrogens with zero attached hydrogens (tertiary/aromatic N) is 2. The van der Waals surface area contributed by atoms with Gasteiger partial charge in [-0.2, -0.15) is 0 Å². The van der Waals surface area contributed by atoms with Gasteiger partial charge < -0.3 is 15.5 Å². The number of guanidine groups is 1. The number of likely N-dealkylation sites (tertiary alicyclic amines) is 1. The number of carbonyl (C=O) groups is 1. The lowest BCUT2D eigenvalue weighted by atomic mass is 9.79. The van der Waals surface area contributed by atoms with Crippen LogP contribution in [-0.4, -0.2) is 50.0 Å². The van der Waals surface area contributed by atoms with Gasteiger partial charge in [0.25, 0.3) is 0 Å². The van der Waals surface area contributed by atoms with Crippen molar-refractivity contribution in [2.24, 2.45) is 10.4 Å². The van der Waals surface area contributed by atoms with Gasteiger partial charge in [0, 0.05) is 43.6 Å². The maximum Gasteiger partial charge on any atom is 0.220 e. The first kappa shape index (κ1) is 14.2. The lowest BCUT2D eigenvalue weighted by molar-refractivity contribution is -0.119. The van der Waals surface area contributed by atoms with Gasteiger partial charge >= 0.3 is 0 Å². The Balaban J connectivity index is 1.99. The maximum absolute atomic E-state index is 11.5. The molecule has 0 aromatic heterocycles. The molecule has 0 radical (unpaired) electrons. The van der Waals surface area contributed by atoms with Crippen LogP contribution in [0.2, 0.25) is 0 Å². The molecular formula is C13H21ClN4O. The van der Waals surface area contributed by atoms with Crippen molar-refractivity contribution in [2.75, 3.05) is 33.2 Å². The predicted molar refractivity (Wildman–Crippen MR) is 77.2 cm³/mol. The molecule has 0 aliphatic carbocycles. The van der Waals surface area contributed by atoms with Crippen LogP contribution >= 0.6 is 11.6 Å². The molecule has 0 saturated carbocycles. The van der Waals surface area contributed by atoms with Crippen molar-refractivity contribution in [3.8, 4) is 0 Å². The fourth-order valence-corrected chi connectivity index (χ4v) is 3.00. The van der Waals surface area contributed by atoms with Gasteiger partial charge in [-0.05, 0) is 12.8 Å². The molecule has 5 nitrogen and oxygen atoms in total. The topological polar surface area (TPSA) is 56.7 Å². The number of hydrogen-bond acceptors (Lipinski definition) is 2. The number of aliphatic imine (C=N–C) groups is 1. The normalized spacial score (nSPS) is 27.6. The second-order valence-electron chi connectivity index (χ2n) is 5.40. The quantitative estimate of drug-likeness (QED) is 0.586. The summed E-state index contributed by atoms with van der Waals surface area (Å²) in [6.07, 6.45) is 2.81. The molecule has 2 fully saturated rings. The fraction of sp³-hybridized carbons (Fsp3) is 0.692. The molecule has 0 bridgehead atoms. The van der Waals surface area contributed by atoms with E-state index < -0.39 is 0 Å². The molecule has 0 aromatic rings. The molecule has 1 atom stereocenters. The smallest absolute Gasteiger partial charge is 0.220 e. The van der Waals surface area contributed by atoms with Gasteiger partial charge in [0.2, 0.25) is 5.91 Å². The van der Waals surface area contributed by atoms with Crippen LogP contribution < -0.4 is 10.6 Å². The Morgan fingerprint density at radius 3 is 3.05 bits per heavy atom. The maximum atomic E-state index is 11.5. The average molecular weight is 285 g/mol. The van der Waals surface area contributed by atoms with Crippen molar-refractivity contribution in [1.29, 1.82) is 0 Å². The minimum atomic E-state index is 0.0743. The molecular weight excluding hydrogens is 264 g/mol. The van der Waals surface area contributed by atoms with Gasteiger partial charge in [-0.1, -0.05) is 18.2 Å². The standard InChI is InChI=1S/C13H21ClN4O/c1-10(14)7-16-12(15-2)18-5-3-4-13(9-18)6-11(19)17-8-13/h1,3-9H2,2H3,(H,15,16)(H,17,19). The molecule has 2 rings (SSSR count). The summed E-state index contributed by atoms with van der Waals surface area (Å²) in [5.74, 6) is 0.999. The van der Waals surface area contributed by atoms with Crippen molar-refractivity contribution in [2.45, 2.75) is 19.3 Å². The Labute approximate surface area is 119 Å². The van der Waals surface area contributed by atoms with Gasteiger partial charge in [0.1, 0.15) is 0 Å². The minimum absolute atomic E-state index is 0.0743. The van der Waals surface area contributed by atoms with Crippen LogP contribution in [0.4, 0.5) is 0 Å². The molecule has 106 valence electrons. The zero-order valence-corrected chi connectivity index (χ0v) is 12.1. The Morgan fingerprint density at radius 2 is 2.47 bits per heavy atom. The number of nitrogens with one attached hydrogen (secondary N) is 2. The second kappa shape index (κ2) is 5.82. The summed E-state index contributed by atoms with van der Waals surface area (Å²) in [5, 5.41) is 6.70. The number of rotatable bonds is 2. The van der Waals surface area contributed by atoms with Crippen LogP contribution in [0.25, 0.3) is 0 Å². The van der Waals surface area contributed by atoms with Crippen molar-refractivity contribution >= 4 is 23.5 Å². The van der Waals surface area contributed by atoms with Crippen LogP contribution in [0.5, 0.6) is 0 Å². The van der Waals surface area contributed by atoms with E-state index in [1.54, 1.807) is 7.05 Å². The SMILES string of the molecule is C=C(Cl)CNC(=NC)N1CCCC2(CNC(=O)C2)C1. The van der Waals surface area contributed by atoms with E-state index in [-0.39, 0.29) is 11.3 Å². The fourth-order valence-electron chi connectivity index (χ4n) is 2.94. The average Bonchev–Trinajstić information content (AvgIpc) is 2.71. The van der Waals surface area contributed by atoms with E-state index >= 15 is 0 Å². The summed E-state index contributed by atoms with van der Waals surface area (Å²) in [4.78, 5) is 18.0. The van der Waals surface area contributed by atoms with E-state index in [0.29, 0.717) is 18.0 Å². The molecule has 2 aliphatic rings. The van der Waals surface area contributed by atoms with Crippen molar-refractivity contribution in [3.63, 3.8) is 0 Å². The number of amides is 1. The first-order valence-corrected chi connectivity index (χ1v) is 6.98. The van der Waals surface area contributed by atoms with Crippen LogP contribution in [0, 0.1) is 5.41 Å². The number of piperidine rings is 1. The van der Waals surface area contributed by atoms with Gasteiger partial charge in [-0.15, -0.1) is 0 Å². The lowest BCUT2D eigenvalue weighted by Crippen LogP contribution is -2.51. The van der Waals surface area contributed by atoms with E-state index in [1.165, 1.54) is 0 Å². The number of hydrogen-bond donors (Lipinski definition) is 2. The van der Waals surface area contributed by atoms with Gasteiger partial charge in [0.05, 0.1) is 6.54 Å². The summed E-state index contributed by atoms with van der Waals surface area (Å²) >= 11 is 5.77. The Bertz CT molecular complexity index is 409. The summed E-state index contributed by atoms with van der Waals surface area (Å²) in [5.41, 5.74) is 0.0743. The van der Waals surface area contributed by atoms with Gasteiger partial charge in [0.15, 0.2) is 5.96 Å². The lowest BCUT2D eigenvalue weighted by Gasteiger charge is -2.40. The van der Waals surface area contributed by atoms with Crippen molar-refractivity contribution in [3.05, 3.63) is 11.6 Å². The third kappa shape index (κ3) is 3.41. The summed E-state index contributed by atoms with van der Waals surface area (Å²) in [6, 6.07) is 0. The molecule has 1 spiro atoms. The second-order valence-corrected chi connectivity index (χ2v) is 5.93. The van der Waals surface area contributed by atoms with Crippen LogP contribution in [-0.2, 0) is 4.79 Å². The third-order valence-corrected chi connectivity index (χ3v) is 3.94. The minimum Gasteiger partial charge on any atom is -0.355 e. The van der Waals surface area contributed by atoms with Crippen molar-refractivity contribution in [1.82, 2.24) is 15.5 Å². The Kier molecular flexibility index (Phi) is 4.34. The molecule has 0 aromatic carbocycles. The van der Waals surface area contributed by atoms with Crippen molar-refractivity contribution < 1.29 is 4.79 Å². The molecule has 1 unspecified atom stereocenters. The van der Waals surface area contributed by atoms with E-state index in [1.807, 2.05) is 0 Å². The first-order valence-electron chi connectivity index (χ1n) is 6.60. The van der Waals surface area contributed by atoms with Crippen LogP contribution in [0.1, 0.15) is 19.3 Å². The molecule has 2 heterocycles. The molecule has 1 amide bonds. The summed E-state index contributed by atoms with van der Waals surface area (Å²) < 4.78 is 0. The number of carbonyl (C=O) groups excluding carboxylic acids is 1. The molecule has 2 N–H and O–H groups in total.